The summed E-state index contributed by atoms with van der Waals surface area (Å²) in [5.41, 5.74) is 4.47. The lowest BCUT2D eigenvalue weighted by Gasteiger charge is -2.34. The second-order valence-corrected chi connectivity index (χ2v) is 6.44. The highest BCUT2D eigenvalue weighted by Crippen LogP contribution is 2.37. The van der Waals surface area contributed by atoms with Crippen LogP contribution in [-0.4, -0.2) is 41.3 Å². The third kappa shape index (κ3) is 5.75. The summed E-state index contributed by atoms with van der Waals surface area (Å²) in [5.74, 6) is -2.47. The van der Waals surface area contributed by atoms with E-state index in [1.807, 2.05) is 13.8 Å². The summed E-state index contributed by atoms with van der Waals surface area (Å²) in [6.45, 7) is 5.52. The van der Waals surface area contributed by atoms with E-state index >= 15 is 0 Å². The molecule has 1 unspecified atom stereocenters. The van der Waals surface area contributed by atoms with Crippen LogP contribution in [0.3, 0.4) is 0 Å². The molecule has 1 aromatic carbocycles. The highest BCUT2D eigenvalue weighted by Gasteiger charge is 2.48. The SMILES string of the molecule is CCCC(c1ccc(O)c(O)c1)[C@](N)(OC(=O)O[C@@H](C)CCC)C(=O)OC. The molecule has 152 valence electrons. The molecule has 0 saturated heterocycles. The van der Waals surface area contributed by atoms with Crippen LogP contribution in [-0.2, 0) is 19.0 Å². The van der Waals surface area contributed by atoms with Gasteiger partial charge in [-0.25, -0.2) is 9.59 Å². The number of benzene rings is 1. The zero-order chi connectivity index (χ0) is 20.6. The second-order valence-electron chi connectivity index (χ2n) is 6.44. The monoisotopic (exact) mass is 383 g/mol. The molecule has 0 heterocycles. The maximum Gasteiger partial charge on any atom is 0.510 e. The van der Waals surface area contributed by atoms with Gasteiger partial charge in [-0.2, -0.15) is 0 Å². The fourth-order valence-electron chi connectivity index (χ4n) is 2.88. The molecule has 0 amide bonds. The van der Waals surface area contributed by atoms with E-state index in [2.05, 4.69) is 0 Å². The van der Waals surface area contributed by atoms with Gasteiger partial charge in [0, 0.05) is 5.92 Å². The number of methoxy groups -OCH3 is 1. The van der Waals surface area contributed by atoms with Crippen molar-refractivity contribution in [1.82, 2.24) is 0 Å². The molecule has 0 fully saturated rings. The van der Waals surface area contributed by atoms with Crippen LogP contribution < -0.4 is 5.73 Å². The van der Waals surface area contributed by atoms with Crippen LogP contribution in [0.2, 0.25) is 0 Å². The van der Waals surface area contributed by atoms with Gasteiger partial charge in [0.2, 0.25) is 0 Å². The van der Waals surface area contributed by atoms with Gasteiger partial charge in [0.25, 0.3) is 5.72 Å². The van der Waals surface area contributed by atoms with Gasteiger partial charge in [0.15, 0.2) is 11.5 Å². The molecule has 0 aromatic heterocycles. The number of carbonyl (C=O) groups excluding carboxylic acids is 2. The topological polar surface area (TPSA) is 128 Å². The summed E-state index contributed by atoms with van der Waals surface area (Å²) in [4.78, 5) is 24.6. The average Bonchev–Trinajstić information content (AvgIpc) is 2.61. The first kappa shape index (κ1) is 22.6. The standard InChI is InChI=1S/C19H29NO7/c1-5-7-12(3)26-18(24)27-19(20,17(23)25-4)14(8-6-2)13-9-10-15(21)16(22)11-13/h9-12,14,21-22H,5-8,20H2,1-4H3/t12-,14?,19-/m0/s1. The Bertz CT molecular complexity index is 649. The van der Waals surface area contributed by atoms with E-state index < -0.39 is 29.9 Å². The van der Waals surface area contributed by atoms with Gasteiger partial charge in [-0.3, -0.25) is 5.73 Å². The molecule has 0 aliphatic rings. The number of phenolic OH excluding ortho intramolecular Hbond substituents is 2. The highest BCUT2D eigenvalue weighted by molar-refractivity contribution is 5.83. The lowest BCUT2D eigenvalue weighted by molar-refractivity contribution is -0.168. The summed E-state index contributed by atoms with van der Waals surface area (Å²) < 4.78 is 15.2. The van der Waals surface area contributed by atoms with Crippen molar-refractivity contribution in [2.75, 3.05) is 7.11 Å². The molecule has 0 aliphatic carbocycles. The lowest BCUT2D eigenvalue weighted by Crippen LogP contribution is -2.57. The van der Waals surface area contributed by atoms with E-state index in [1.54, 1.807) is 6.92 Å². The normalized spacial score (nSPS) is 15.3. The van der Waals surface area contributed by atoms with Crippen molar-refractivity contribution in [3.63, 3.8) is 0 Å². The van der Waals surface area contributed by atoms with E-state index in [0.717, 1.165) is 13.5 Å². The smallest absolute Gasteiger partial charge is 0.504 e. The Balaban J connectivity index is 3.23. The van der Waals surface area contributed by atoms with Crippen LogP contribution in [0.15, 0.2) is 18.2 Å². The first-order valence-electron chi connectivity index (χ1n) is 8.98. The summed E-state index contributed by atoms with van der Waals surface area (Å²) in [6, 6.07) is 4.04. The van der Waals surface area contributed by atoms with Gasteiger partial charge >= 0.3 is 12.1 Å². The molecular formula is C19H29NO7. The predicted octanol–water partition coefficient (Wildman–Crippen LogP) is 3.15. The van der Waals surface area contributed by atoms with Gasteiger partial charge in [0.1, 0.15) is 6.10 Å². The maximum absolute atomic E-state index is 12.4. The molecule has 0 aliphatic heterocycles. The van der Waals surface area contributed by atoms with Crippen LogP contribution in [0.4, 0.5) is 4.79 Å². The van der Waals surface area contributed by atoms with E-state index in [9.17, 15) is 19.8 Å². The molecule has 1 aromatic rings. The van der Waals surface area contributed by atoms with E-state index in [4.69, 9.17) is 19.9 Å². The molecule has 8 nitrogen and oxygen atoms in total. The number of phenols is 2. The number of hydrogen-bond acceptors (Lipinski definition) is 8. The van der Waals surface area contributed by atoms with E-state index in [-0.39, 0.29) is 11.5 Å². The zero-order valence-electron chi connectivity index (χ0n) is 16.2. The molecule has 27 heavy (non-hydrogen) atoms. The van der Waals surface area contributed by atoms with Gasteiger partial charge < -0.3 is 24.4 Å². The molecule has 1 rings (SSSR count). The van der Waals surface area contributed by atoms with Crippen molar-refractivity contribution in [3.8, 4) is 11.5 Å². The molecular weight excluding hydrogens is 354 g/mol. The van der Waals surface area contributed by atoms with Crippen LogP contribution in [0, 0.1) is 0 Å². The van der Waals surface area contributed by atoms with Crippen LogP contribution in [0.5, 0.6) is 11.5 Å². The van der Waals surface area contributed by atoms with Crippen LogP contribution in [0.25, 0.3) is 0 Å². The van der Waals surface area contributed by atoms with E-state index in [1.165, 1.54) is 18.2 Å². The van der Waals surface area contributed by atoms with Crippen molar-refractivity contribution < 1.29 is 34.0 Å². The molecule has 4 N–H and O–H groups in total. The molecule has 8 heteroatoms. The van der Waals surface area contributed by atoms with Gasteiger partial charge in [0.05, 0.1) is 7.11 Å². The molecule has 0 bridgehead atoms. The largest absolute Gasteiger partial charge is 0.510 e. The number of rotatable bonds is 9. The Morgan fingerprint density at radius 1 is 1.15 bits per heavy atom. The highest BCUT2D eigenvalue weighted by atomic mass is 16.7. The minimum atomic E-state index is -2.16. The lowest BCUT2D eigenvalue weighted by atomic mass is 9.84. The number of nitrogens with two attached hydrogens (primary N) is 1. The Morgan fingerprint density at radius 2 is 1.78 bits per heavy atom. The quantitative estimate of drug-likeness (QED) is 0.337. The van der Waals surface area contributed by atoms with Crippen LogP contribution >= 0.6 is 0 Å². The Morgan fingerprint density at radius 3 is 2.30 bits per heavy atom. The second kappa shape index (κ2) is 10.0. The molecule has 3 atom stereocenters. The fraction of sp³-hybridized carbons (Fsp3) is 0.579. The number of esters is 1. The van der Waals surface area contributed by atoms with Gasteiger partial charge in [-0.15, -0.1) is 0 Å². The minimum absolute atomic E-state index is 0.316. The van der Waals surface area contributed by atoms with Crippen molar-refractivity contribution in [2.45, 2.75) is 64.2 Å². The van der Waals surface area contributed by atoms with Gasteiger partial charge in [-0.05, 0) is 37.5 Å². The zero-order valence-corrected chi connectivity index (χ0v) is 16.2. The maximum atomic E-state index is 12.4. The summed E-state index contributed by atoms with van der Waals surface area (Å²) in [7, 11) is 1.13. The number of carbonyl (C=O) groups is 2. The minimum Gasteiger partial charge on any atom is -0.504 e. The average molecular weight is 383 g/mol. The van der Waals surface area contributed by atoms with Crippen molar-refractivity contribution in [3.05, 3.63) is 23.8 Å². The molecule has 0 spiro atoms. The number of aromatic hydroxyl groups is 2. The molecule has 0 radical (unpaired) electrons. The van der Waals surface area contributed by atoms with Crippen LogP contribution in [0.1, 0.15) is 57.9 Å². The third-order valence-corrected chi connectivity index (χ3v) is 4.25. The van der Waals surface area contributed by atoms with Gasteiger partial charge in [-0.1, -0.05) is 32.8 Å². The summed E-state index contributed by atoms with van der Waals surface area (Å²) in [6.07, 6.45) is 0.930. The predicted molar refractivity (Wildman–Crippen MR) is 98.3 cm³/mol. The Hall–Kier alpha value is -2.48. The Labute approximate surface area is 159 Å². The first-order chi connectivity index (χ1) is 12.7. The number of ether oxygens (including phenoxy) is 3. The van der Waals surface area contributed by atoms with Crippen molar-refractivity contribution >= 4 is 12.1 Å². The number of hydrogen-bond donors (Lipinski definition) is 3. The summed E-state index contributed by atoms with van der Waals surface area (Å²) >= 11 is 0. The third-order valence-electron chi connectivity index (χ3n) is 4.25. The first-order valence-corrected chi connectivity index (χ1v) is 8.98. The van der Waals surface area contributed by atoms with Crippen molar-refractivity contribution in [1.29, 1.82) is 0 Å². The van der Waals surface area contributed by atoms with E-state index in [0.29, 0.717) is 24.8 Å². The fourth-order valence-corrected chi connectivity index (χ4v) is 2.88. The molecule has 0 saturated carbocycles. The Kier molecular flexibility index (Phi) is 8.36. The van der Waals surface area contributed by atoms with Crippen molar-refractivity contribution in [2.24, 2.45) is 5.73 Å². The summed E-state index contributed by atoms with van der Waals surface area (Å²) in [5, 5.41) is 19.3.